The van der Waals surface area contributed by atoms with Crippen molar-refractivity contribution in [2.45, 2.75) is 39.2 Å². The molecule has 15 heavy (non-hydrogen) atoms. The summed E-state index contributed by atoms with van der Waals surface area (Å²) < 4.78 is 0. The highest BCUT2D eigenvalue weighted by atomic mass is 16.3. The van der Waals surface area contributed by atoms with Gasteiger partial charge in [-0.05, 0) is 61.8 Å². The van der Waals surface area contributed by atoms with E-state index in [1.165, 1.54) is 25.8 Å². The zero-order chi connectivity index (χ0) is 10.6. The lowest BCUT2D eigenvalue weighted by atomic mass is 9.62. The molecule has 2 N–H and O–H groups in total. The fraction of sp³-hybridized carbons (Fsp3) is 1.00. The van der Waals surface area contributed by atoms with Crippen molar-refractivity contribution in [1.82, 2.24) is 5.32 Å². The standard InChI is InChI=1S/C13H23NO/c1-8-12-10(3-4-14-8)9-5-11(12)13(2,6-9)7-15/h8-12,14-15H,3-7H2,1-2H3. The fourth-order valence-corrected chi connectivity index (χ4v) is 4.95. The monoisotopic (exact) mass is 209 g/mol. The van der Waals surface area contributed by atoms with Gasteiger partial charge in [-0.2, -0.15) is 0 Å². The summed E-state index contributed by atoms with van der Waals surface area (Å²) in [4.78, 5) is 0. The van der Waals surface area contributed by atoms with Gasteiger partial charge in [0.05, 0.1) is 0 Å². The van der Waals surface area contributed by atoms with Crippen molar-refractivity contribution >= 4 is 0 Å². The second-order valence-corrected chi connectivity index (χ2v) is 6.39. The molecule has 0 aromatic heterocycles. The molecule has 2 bridgehead atoms. The number of hydrogen-bond acceptors (Lipinski definition) is 2. The molecule has 3 fully saturated rings. The molecule has 0 aromatic carbocycles. The lowest BCUT2D eigenvalue weighted by Gasteiger charge is -2.47. The smallest absolute Gasteiger partial charge is 0.0487 e. The molecule has 2 heteroatoms. The van der Waals surface area contributed by atoms with Crippen LogP contribution in [0.1, 0.15) is 33.1 Å². The van der Waals surface area contributed by atoms with Crippen LogP contribution in [0.5, 0.6) is 0 Å². The number of fused-ring (bicyclic) bond motifs is 5. The molecule has 86 valence electrons. The van der Waals surface area contributed by atoms with E-state index < -0.39 is 0 Å². The van der Waals surface area contributed by atoms with Crippen LogP contribution < -0.4 is 5.32 Å². The van der Waals surface area contributed by atoms with Crippen LogP contribution in [0.25, 0.3) is 0 Å². The Labute approximate surface area is 92.4 Å². The molecule has 0 spiro atoms. The summed E-state index contributed by atoms with van der Waals surface area (Å²) in [6.07, 6.45) is 4.04. The van der Waals surface area contributed by atoms with E-state index in [9.17, 15) is 5.11 Å². The van der Waals surface area contributed by atoms with E-state index in [1.54, 1.807) is 0 Å². The van der Waals surface area contributed by atoms with Gasteiger partial charge in [0.1, 0.15) is 0 Å². The van der Waals surface area contributed by atoms with Crippen LogP contribution in [-0.2, 0) is 0 Å². The van der Waals surface area contributed by atoms with Gasteiger partial charge in [-0.3, -0.25) is 0 Å². The van der Waals surface area contributed by atoms with Crippen molar-refractivity contribution in [3.8, 4) is 0 Å². The molecule has 3 aliphatic rings. The number of hydrogen-bond donors (Lipinski definition) is 2. The Morgan fingerprint density at radius 1 is 1.47 bits per heavy atom. The predicted molar refractivity (Wildman–Crippen MR) is 60.5 cm³/mol. The Kier molecular flexibility index (Phi) is 2.16. The van der Waals surface area contributed by atoms with Crippen molar-refractivity contribution in [3.63, 3.8) is 0 Å². The minimum atomic E-state index is 0.235. The first-order valence-corrected chi connectivity index (χ1v) is 6.50. The van der Waals surface area contributed by atoms with Gasteiger partial charge < -0.3 is 10.4 Å². The number of nitrogens with one attached hydrogen (secondary N) is 1. The predicted octanol–water partition coefficient (Wildman–Crippen LogP) is 1.64. The minimum Gasteiger partial charge on any atom is -0.396 e. The summed E-state index contributed by atoms with van der Waals surface area (Å²) in [6.45, 7) is 6.25. The van der Waals surface area contributed by atoms with Crippen LogP contribution in [0.3, 0.4) is 0 Å². The topological polar surface area (TPSA) is 32.3 Å². The summed E-state index contributed by atoms with van der Waals surface area (Å²) in [5, 5.41) is 13.2. The van der Waals surface area contributed by atoms with Gasteiger partial charge in [0.15, 0.2) is 0 Å². The SMILES string of the molecule is CC1NCCC2C3CC(C12)C(C)(CO)C3. The molecule has 0 aromatic rings. The second kappa shape index (κ2) is 3.21. The maximum atomic E-state index is 9.60. The Hall–Kier alpha value is -0.0800. The molecule has 1 aliphatic heterocycles. The Morgan fingerprint density at radius 2 is 2.27 bits per heavy atom. The third kappa shape index (κ3) is 1.24. The normalized spacial score (nSPS) is 58.2. The summed E-state index contributed by atoms with van der Waals surface area (Å²) in [6, 6.07) is 0.671. The third-order valence-corrected chi connectivity index (χ3v) is 5.63. The van der Waals surface area contributed by atoms with Gasteiger partial charge in [0.25, 0.3) is 0 Å². The third-order valence-electron chi connectivity index (χ3n) is 5.63. The Morgan fingerprint density at radius 3 is 3.00 bits per heavy atom. The van der Waals surface area contributed by atoms with Gasteiger partial charge in [-0.25, -0.2) is 0 Å². The van der Waals surface area contributed by atoms with E-state index >= 15 is 0 Å². The quantitative estimate of drug-likeness (QED) is 0.688. The summed E-state index contributed by atoms with van der Waals surface area (Å²) in [5.41, 5.74) is 0.235. The van der Waals surface area contributed by atoms with Crippen molar-refractivity contribution in [3.05, 3.63) is 0 Å². The molecule has 1 saturated heterocycles. The van der Waals surface area contributed by atoms with Crippen molar-refractivity contribution in [1.29, 1.82) is 0 Å². The maximum Gasteiger partial charge on any atom is 0.0487 e. The van der Waals surface area contributed by atoms with Crippen LogP contribution in [-0.4, -0.2) is 24.3 Å². The highest BCUT2D eigenvalue weighted by molar-refractivity contribution is 5.09. The first kappa shape index (κ1) is 10.1. The maximum absolute atomic E-state index is 9.60. The summed E-state index contributed by atoms with van der Waals surface area (Å²) >= 11 is 0. The molecule has 0 amide bonds. The van der Waals surface area contributed by atoms with Gasteiger partial charge >= 0.3 is 0 Å². The van der Waals surface area contributed by atoms with Crippen LogP contribution >= 0.6 is 0 Å². The number of aliphatic hydroxyl groups excluding tert-OH is 1. The van der Waals surface area contributed by atoms with Crippen LogP contribution in [0.2, 0.25) is 0 Å². The fourth-order valence-electron chi connectivity index (χ4n) is 4.95. The lowest BCUT2D eigenvalue weighted by Crippen LogP contribution is -2.51. The highest BCUT2D eigenvalue weighted by Crippen LogP contribution is 2.63. The van der Waals surface area contributed by atoms with Gasteiger partial charge in [-0.1, -0.05) is 6.92 Å². The van der Waals surface area contributed by atoms with Crippen LogP contribution in [0.4, 0.5) is 0 Å². The largest absolute Gasteiger partial charge is 0.396 e. The van der Waals surface area contributed by atoms with E-state index in [0.717, 1.165) is 23.7 Å². The van der Waals surface area contributed by atoms with E-state index in [0.29, 0.717) is 12.6 Å². The van der Waals surface area contributed by atoms with Crippen LogP contribution in [0.15, 0.2) is 0 Å². The molecule has 2 aliphatic carbocycles. The van der Waals surface area contributed by atoms with E-state index in [2.05, 4.69) is 19.2 Å². The number of aliphatic hydroxyl groups is 1. The summed E-state index contributed by atoms with van der Waals surface area (Å²) in [5.74, 6) is 3.50. The molecular weight excluding hydrogens is 186 g/mol. The molecule has 2 saturated carbocycles. The lowest BCUT2D eigenvalue weighted by molar-refractivity contribution is 0.000532. The van der Waals surface area contributed by atoms with Gasteiger partial charge in [-0.15, -0.1) is 0 Å². The Balaban J connectivity index is 1.88. The minimum absolute atomic E-state index is 0.235. The number of rotatable bonds is 1. The molecule has 6 atom stereocenters. The second-order valence-electron chi connectivity index (χ2n) is 6.39. The van der Waals surface area contributed by atoms with Crippen molar-refractivity contribution in [2.75, 3.05) is 13.2 Å². The zero-order valence-corrected chi connectivity index (χ0v) is 9.87. The van der Waals surface area contributed by atoms with Gasteiger partial charge in [0, 0.05) is 12.6 Å². The van der Waals surface area contributed by atoms with Crippen molar-refractivity contribution in [2.24, 2.45) is 29.1 Å². The molecule has 3 rings (SSSR count). The Bertz CT molecular complexity index is 267. The van der Waals surface area contributed by atoms with Crippen molar-refractivity contribution < 1.29 is 5.11 Å². The average molecular weight is 209 g/mol. The first-order valence-electron chi connectivity index (χ1n) is 6.50. The average Bonchev–Trinajstić information content (AvgIpc) is 2.74. The van der Waals surface area contributed by atoms with Crippen LogP contribution in [0, 0.1) is 29.1 Å². The van der Waals surface area contributed by atoms with E-state index in [4.69, 9.17) is 0 Å². The van der Waals surface area contributed by atoms with E-state index in [-0.39, 0.29) is 5.41 Å². The molecule has 1 heterocycles. The zero-order valence-electron chi connectivity index (χ0n) is 9.87. The number of piperidine rings is 1. The molecule has 2 nitrogen and oxygen atoms in total. The van der Waals surface area contributed by atoms with Gasteiger partial charge in [0.2, 0.25) is 0 Å². The highest BCUT2D eigenvalue weighted by Gasteiger charge is 2.59. The molecule has 6 unspecified atom stereocenters. The van der Waals surface area contributed by atoms with E-state index in [1.807, 2.05) is 0 Å². The summed E-state index contributed by atoms with van der Waals surface area (Å²) in [7, 11) is 0. The molecular formula is C13H23NO. The first-order chi connectivity index (χ1) is 7.15. The molecule has 0 radical (unpaired) electrons.